The molecule has 5 heterocycles. The molecule has 0 saturated carbocycles. The Balaban J connectivity index is 1.05. The summed E-state index contributed by atoms with van der Waals surface area (Å²) in [6.45, 7) is 0. The van der Waals surface area contributed by atoms with Gasteiger partial charge in [0, 0.05) is 55.0 Å². The number of nitrogens with zero attached hydrogens (tertiary/aromatic N) is 6. The van der Waals surface area contributed by atoms with Crippen molar-refractivity contribution < 1.29 is 4.74 Å². The molecule has 7 nitrogen and oxygen atoms in total. The third kappa shape index (κ3) is 4.94. The van der Waals surface area contributed by atoms with Crippen LogP contribution in [0.1, 0.15) is 0 Å². The molecule has 7 heteroatoms. The number of fused-ring (bicyclic) bond motifs is 11. The zero-order chi connectivity index (χ0) is 41.9. The topological polar surface area (TPSA) is 62.7 Å². The van der Waals surface area contributed by atoms with Gasteiger partial charge in [0.15, 0.2) is 29.0 Å². The van der Waals surface area contributed by atoms with Crippen LogP contribution in [0.3, 0.4) is 0 Å². The number of rotatable bonds is 5. The van der Waals surface area contributed by atoms with Crippen LogP contribution >= 0.6 is 0 Å². The van der Waals surface area contributed by atoms with Crippen molar-refractivity contribution in [2.75, 3.05) is 0 Å². The first-order chi connectivity index (χ1) is 31.8. The highest BCUT2D eigenvalue weighted by molar-refractivity contribution is 6.27. The Bertz CT molecular complexity index is 3990. The van der Waals surface area contributed by atoms with Crippen LogP contribution in [0.2, 0.25) is 0 Å². The molecule has 4 aromatic heterocycles. The van der Waals surface area contributed by atoms with Crippen LogP contribution in [0.15, 0.2) is 206 Å². The Morgan fingerprint density at radius 2 is 0.906 bits per heavy atom. The Hall–Kier alpha value is -8.81. The zero-order valence-corrected chi connectivity index (χ0v) is 34.2. The highest BCUT2D eigenvalue weighted by atomic mass is 16.5. The smallest absolute Gasteiger partial charge is 0.164 e. The number of ether oxygens (including phenoxy) is 1. The second-order valence-electron chi connectivity index (χ2n) is 16.4. The van der Waals surface area contributed by atoms with E-state index >= 15 is 0 Å². The molecule has 1 aliphatic rings. The molecular formula is C57H34N6O. The van der Waals surface area contributed by atoms with Gasteiger partial charge in [-0.1, -0.05) is 133 Å². The SMILES string of the molecule is c1ccc(-n2c3cccc(-c4nc(-c5ccc(-n6c7ccccc7c7ccccc76)cc5)nc(-c5cccc6ccccc56)n4)c3c3c4cccc5c4n(c32)-c2ccccc2O5)cc1. The van der Waals surface area contributed by atoms with Crippen LogP contribution in [0.5, 0.6) is 11.5 Å². The molecule has 0 amide bonds. The van der Waals surface area contributed by atoms with Gasteiger partial charge in [0.1, 0.15) is 5.65 Å². The first-order valence-corrected chi connectivity index (χ1v) is 21.5. The van der Waals surface area contributed by atoms with Crippen LogP contribution in [0.4, 0.5) is 0 Å². The summed E-state index contributed by atoms with van der Waals surface area (Å²) >= 11 is 0. The van der Waals surface area contributed by atoms with Crippen molar-refractivity contribution in [3.63, 3.8) is 0 Å². The van der Waals surface area contributed by atoms with Gasteiger partial charge in [-0.15, -0.1) is 0 Å². The van der Waals surface area contributed by atoms with Gasteiger partial charge in [0.2, 0.25) is 0 Å². The van der Waals surface area contributed by atoms with Crippen LogP contribution in [-0.4, -0.2) is 28.7 Å². The number of hydrogen-bond donors (Lipinski definition) is 0. The first-order valence-electron chi connectivity index (χ1n) is 21.5. The van der Waals surface area contributed by atoms with Crippen molar-refractivity contribution in [2.45, 2.75) is 0 Å². The van der Waals surface area contributed by atoms with E-state index in [9.17, 15) is 0 Å². The first kappa shape index (κ1) is 34.9. The highest BCUT2D eigenvalue weighted by Gasteiger charge is 2.30. The molecule has 0 atom stereocenters. The van der Waals surface area contributed by atoms with Crippen molar-refractivity contribution in [3.8, 4) is 62.7 Å². The molecule has 0 fully saturated rings. The number of hydrogen-bond acceptors (Lipinski definition) is 4. The Labute approximate surface area is 366 Å². The number of benzene rings is 9. The molecule has 0 radical (unpaired) electrons. The molecule has 9 aromatic carbocycles. The molecule has 0 bridgehead atoms. The predicted molar refractivity (Wildman–Crippen MR) is 259 cm³/mol. The fourth-order valence-corrected chi connectivity index (χ4v) is 10.2. The summed E-state index contributed by atoms with van der Waals surface area (Å²) in [5.74, 6) is 3.45. The largest absolute Gasteiger partial charge is 0.453 e. The standard InChI is InChI=1S/C57H34N6O/c1-2-17-37(18-3-1)62-48-28-13-24-44(51(48)52-43-23-14-30-50-53(43)63(57(52)62)47-27-10-11-29-49(47)64-50)56-59-54(58-55(60-56)42-22-12-16-35-15-4-5-19-39(35)42)36-31-33-38(34-32-36)61-45-25-8-6-20-40(45)41-21-7-9-26-46(41)61/h1-34H. The van der Waals surface area contributed by atoms with Crippen molar-refractivity contribution >= 4 is 65.4 Å². The molecular weight excluding hydrogens is 785 g/mol. The van der Waals surface area contributed by atoms with Gasteiger partial charge in [-0.3, -0.25) is 9.13 Å². The van der Waals surface area contributed by atoms with Crippen LogP contribution in [0, 0.1) is 0 Å². The van der Waals surface area contributed by atoms with Crippen molar-refractivity contribution in [1.82, 2.24) is 28.7 Å². The summed E-state index contributed by atoms with van der Waals surface area (Å²) in [7, 11) is 0. The third-order valence-corrected chi connectivity index (χ3v) is 12.9. The molecule has 0 unspecified atom stereocenters. The fraction of sp³-hybridized carbons (Fsp3) is 0. The van der Waals surface area contributed by atoms with E-state index in [1.54, 1.807) is 0 Å². The average Bonchev–Trinajstić information content (AvgIpc) is 4.01. The summed E-state index contributed by atoms with van der Waals surface area (Å²) in [6, 6.07) is 72.3. The molecule has 0 saturated heterocycles. The van der Waals surface area contributed by atoms with E-state index in [4.69, 9.17) is 19.7 Å². The summed E-state index contributed by atoms with van der Waals surface area (Å²) < 4.78 is 13.7. The lowest BCUT2D eigenvalue weighted by atomic mass is 10.0. The average molecular weight is 819 g/mol. The summed E-state index contributed by atoms with van der Waals surface area (Å²) in [6.07, 6.45) is 0. The van der Waals surface area contributed by atoms with Gasteiger partial charge in [-0.25, -0.2) is 15.0 Å². The fourth-order valence-electron chi connectivity index (χ4n) is 10.2. The van der Waals surface area contributed by atoms with Gasteiger partial charge >= 0.3 is 0 Å². The third-order valence-electron chi connectivity index (χ3n) is 12.9. The quantitative estimate of drug-likeness (QED) is 0.174. The molecule has 0 spiro atoms. The maximum atomic E-state index is 6.60. The van der Waals surface area contributed by atoms with Gasteiger partial charge in [0.25, 0.3) is 0 Å². The van der Waals surface area contributed by atoms with E-state index in [2.05, 4.69) is 208 Å². The Morgan fingerprint density at radius 3 is 1.72 bits per heavy atom. The van der Waals surface area contributed by atoms with Gasteiger partial charge < -0.3 is 9.30 Å². The minimum Gasteiger partial charge on any atom is -0.453 e. The molecule has 13 aromatic rings. The number of aromatic nitrogens is 6. The molecule has 14 rings (SSSR count). The van der Waals surface area contributed by atoms with Crippen LogP contribution in [-0.2, 0) is 0 Å². The van der Waals surface area contributed by atoms with Crippen molar-refractivity contribution in [3.05, 3.63) is 206 Å². The zero-order valence-electron chi connectivity index (χ0n) is 34.2. The lowest BCUT2D eigenvalue weighted by Crippen LogP contribution is -2.07. The Kier molecular flexibility index (Phi) is 7.27. The van der Waals surface area contributed by atoms with Crippen LogP contribution < -0.4 is 4.74 Å². The van der Waals surface area contributed by atoms with Gasteiger partial charge in [-0.2, -0.15) is 0 Å². The molecule has 1 aliphatic heterocycles. The molecule has 64 heavy (non-hydrogen) atoms. The lowest BCUT2D eigenvalue weighted by molar-refractivity contribution is 0.476. The maximum absolute atomic E-state index is 6.60. The lowest BCUT2D eigenvalue weighted by Gasteiger charge is -2.21. The molecule has 298 valence electrons. The van der Waals surface area contributed by atoms with E-state index in [0.717, 1.165) is 99.9 Å². The molecule has 0 aliphatic carbocycles. The summed E-state index contributed by atoms with van der Waals surface area (Å²) in [5.41, 5.74) is 11.3. The van der Waals surface area contributed by atoms with E-state index in [0.29, 0.717) is 17.5 Å². The minimum absolute atomic E-state index is 0.598. The van der Waals surface area contributed by atoms with Gasteiger partial charge in [0.05, 0.1) is 27.8 Å². The maximum Gasteiger partial charge on any atom is 0.164 e. The minimum atomic E-state index is 0.598. The normalized spacial score (nSPS) is 12.2. The van der Waals surface area contributed by atoms with Crippen molar-refractivity contribution in [1.29, 1.82) is 0 Å². The van der Waals surface area contributed by atoms with E-state index < -0.39 is 0 Å². The van der Waals surface area contributed by atoms with Crippen LogP contribution in [0.25, 0.3) is 117 Å². The predicted octanol–water partition coefficient (Wildman–Crippen LogP) is 14.3. The second-order valence-corrected chi connectivity index (χ2v) is 16.4. The monoisotopic (exact) mass is 818 g/mol. The molecule has 0 N–H and O–H groups in total. The Morgan fingerprint density at radius 1 is 0.344 bits per heavy atom. The summed E-state index contributed by atoms with van der Waals surface area (Å²) in [4.78, 5) is 16.1. The van der Waals surface area contributed by atoms with Crippen molar-refractivity contribution in [2.24, 2.45) is 0 Å². The summed E-state index contributed by atoms with van der Waals surface area (Å²) in [5, 5.41) is 7.92. The van der Waals surface area contributed by atoms with E-state index in [1.807, 2.05) is 12.1 Å². The van der Waals surface area contributed by atoms with Gasteiger partial charge in [-0.05, 0) is 83.6 Å². The second kappa shape index (κ2) is 13.3. The highest BCUT2D eigenvalue weighted by Crippen LogP contribution is 2.50. The number of para-hydroxylation sites is 6. The van der Waals surface area contributed by atoms with E-state index in [-0.39, 0.29) is 0 Å². The van der Waals surface area contributed by atoms with E-state index in [1.165, 1.54) is 10.8 Å².